The number of benzene rings is 3. The largest absolute Gasteiger partial charge is 0.457 e. The van der Waals surface area contributed by atoms with Crippen LogP contribution in [0.1, 0.15) is 17.2 Å². The molecule has 1 unspecified atom stereocenters. The van der Waals surface area contributed by atoms with Crippen molar-refractivity contribution in [3.8, 4) is 11.5 Å². The number of hydrogen-bond acceptors (Lipinski definition) is 3. The van der Waals surface area contributed by atoms with E-state index in [1.165, 1.54) is 11.0 Å². The molecule has 1 aliphatic heterocycles. The highest BCUT2D eigenvalue weighted by Gasteiger charge is 2.40. The lowest BCUT2D eigenvalue weighted by molar-refractivity contribution is -0.137. The summed E-state index contributed by atoms with van der Waals surface area (Å²) >= 11 is 5.92. The lowest BCUT2D eigenvalue weighted by Gasteiger charge is -2.24. The molecule has 5 rings (SSSR count). The molecule has 0 saturated carbocycles. The summed E-state index contributed by atoms with van der Waals surface area (Å²) in [6, 6.07) is 19.8. The maximum Gasteiger partial charge on any atom is 0.416 e. The highest BCUT2D eigenvalue weighted by Crippen LogP contribution is 2.38. The number of hydrogen-bond donors (Lipinski definition) is 0. The first-order valence-electron chi connectivity index (χ1n) is 11.5. The van der Waals surface area contributed by atoms with Gasteiger partial charge < -0.3 is 9.64 Å². The molecule has 1 fully saturated rings. The molecule has 0 radical (unpaired) electrons. The van der Waals surface area contributed by atoms with E-state index in [0.29, 0.717) is 40.9 Å². The molecular formula is C27H22ClF3N4O2. The van der Waals surface area contributed by atoms with Gasteiger partial charge in [0.2, 0.25) is 0 Å². The number of rotatable bonds is 7. The van der Waals surface area contributed by atoms with E-state index < -0.39 is 17.8 Å². The standard InChI is InChI=1S/C27H22ClF3N4O2/c28-21-5-9-23(10-6-21)37-24-11-7-22(8-12-24)35-25(19-3-1-4-20(17-19)27(29,30)31)18-33(26(35)36)15-16-34-14-2-13-32-34/h1-14,17,25H,15-16,18H2. The second-order valence-corrected chi connectivity index (χ2v) is 8.99. The van der Waals surface area contributed by atoms with Crippen LogP contribution < -0.4 is 9.64 Å². The van der Waals surface area contributed by atoms with Crippen molar-refractivity contribution in [2.24, 2.45) is 0 Å². The number of carbonyl (C=O) groups is 1. The van der Waals surface area contributed by atoms with E-state index >= 15 is 0 Å². The van der Waals surface area contributed by atoms with Gasteiger partial charge in [0.25, 0.3) is 0 Å². The Morgan fingerprint density at radius 3 is 2.30 bits per heavy atom. The quantitative estimate of drug-likeness (QED) is 0.260. The van der Waals surface area contributed by atoms with Crippen molar-refractivity contribution in [3.05, 3.63) is 107 Å². The molecule has 6 nitrogen and oxygen atoms in total. The van der Waals surface area contributed by atoms with E-state index in [9.17, 15) is 18.0 Å². The molecular weight excluding hydrogens is 505 g/mol. The van der Waals surface area contributed by atoms with E-state index in [1.807, 2.05) is 0 Å². The van der Waals surface area contributed by atoms with Gasteiger partial charge in [-0.05, 0) is 72.3 Å². The van der Waals surface area contributed by atoms with Gasteiger partial charge in [0.15, 0.2) is 0 Å². The van der Waals surface area contributed by atoms with Crippen LogP contribution >= 0.6 is 11.6 Å². The number of halogens is 4. The molecule has 3 aromatic carbocycles. The molecule has 0 bridgehead atoms. The fraction of sp³-hybridized carbons (Fsp3) is 0.185. The number of alkyl halides is 3. The molecule has 1 atom stereocenters. The molecule has 4 aromatic rings. The molecule has 1 aliphatic rings. The van der Waals surface area contributed by atoms with Crippen LogP contribution in [0.25, 0.3) is 0 Å². The van der Waals surface area contributed by atoms with Crippen LogP contribution in [-0.4, -0.2) is 33.8 Å². The van der Waals surface area contributed by atoms with Gasteiger partial charge >= 0.3 is 12.2 Å². The van der Waals surface area contributed by atoms with E-state index in [2.05, 4.69) is 5.10 Å². The second kappa shape index (κ2) is 10.2. The molecule has 0 N–H and O–H groups in total. The first kappa shape index (κ1) is 24.7. The van der Waals surface area contributed by atoms with Crippen molar-refractivity contribution in [1.29, 1.82) is 0 Å². The third-order valence-electron chi connectivity index (χ3n) is 6.10. The van der Waals surface area contributed by atoms with Crippen molar-refractivity contribution in [1.82, 2.24) is 14.7 Å². The van der Waals surface area contributed by atoms with Crippen molar-refractivity contribution < 1.29 is 22.7 Å². The maximum atomic E-state index is 13.5. The third kappa shape index (κ3) is 5.56. The summed E-state index contributed by atoms with van der Waals surface area (Å²) in [7, 11) is 0. The Hall–Kier alpha value is -3.98. The number of aromatic nitrogens is 2. The van der Waals surface area contributed by atoms with E-state index in [4.69, 9.17) is 16.3 Å². The maximum absolute atomic E-state index is 13.5. The van der Waals surface area contributed by atoms with Gasteiger partial charge in [-0.1, -0.05) is 23.7 Å². The summed E-state index contributed by atoms with van der Waals surface area (Å²) in [5.41, 5.74) is 0.211. The number of ether oxygens (including phenoxy) is 1. The molecule has 0 aliphatic carbocycles. The van der Waals surface area contributed by atoms with Crippen LogP contribution in [0.15, 0.2) is 91.3 Å². The summed E-state index contributed by atoms with van der Waals surface area (Å²) in [4.78, 5) is 16.7. The predicted octanol–water partition coefficient (Wildman–Crippen LogP) is 7.03. The van der Waals surface area contributed by atoms with E-state index in [-0.39, 0.29) is 12.6 Å². The molecule has 0 spiro atoms. The third-order valence-corrected chi connectivity index (χ3v) is 6.35. The lowest BCUT2D eigenvalue weighted by Crippen LogP contribution is -2.34. The normalized spacial score (nSPS) is 15.9. The smallest absolute Gasteiger partial charge is 0.416 e. The Bertz CT molecular complexity index is 1360. The number of carbonyl (C=O) groups excluding carboxylic acids is 1. The summed E-state index contributed by atoms with van der Waals surface area (Å²) in [5.74, 6) is 1.14. The molecule has 10 heteroatoms. The molecule has 37 heavy (non-hydrogen) atoms. The highest BCUT2D eigenvalue weighted by atomic mass is 35.5. The van der Waals surface area contributed by atoms with Gasteiger partial charge in [-0.25, -0.2) is 4.79 Å². The summed E-state index contributed by atoms with van der Waals surface area (Å²) in [6.07, 6.45) is -1.04. The zero-order valence-electron chi connectivity index (χ0n) is 19.5. The summed E-state index contributed by atoms with van der Waals surface area (Å²) in [6.45, 7) is 1.07. The van der Waals surface area contributed by atoms with Crippen molar-refractivity contribution in [3.63, 3.8) is 0 Å². The van der Waals surface area contributed by atoms with Gasteiger partial charge in [0.05, 0.1) is 18.2 Å². The van der Waals surface area contributed by atoms with Gasteiger partial charge in [0.1, 0.15) is 11.5 Å². The zero-order chi connectivity index (χ0) is 26.0. The first-order chi connectivity index (χ1) is 17.8. The minimum Gasteiger partial charge on any atom is -0.457 e. The van der Waals surface area contributed by atoms with Gasteiger partial charge in [-0.2, -0.15) is 18.3 Å². The van der Waals surface area contributed by atoms with Gasteiger partial charge in [-0.3, -0.25) is 9.58 Å². The van der Waals surface area contributed by atoms with E-state index in [0.717, 1.165) is 12.1 Å². The summed E-state index contributed by atoms with van der Waals surface area (Å²) < 4.78 is 47.8. The highest BCUT2D eigenvalue weighted by molar-refractivity contribution is 6.30. The molecule has 190 valence electrons. The number of urea groups is 1. The fourth-order valence-corrected chi connectivity index (χ4v) is 4.40. The van der Waals surface area contributed by atoms with Crippen LogP contribution in [0.5, 0.6) is 11.5 Å². The Morgan fingerprint density at radius 2 is 1.65 bits per heavy atom. The van der Waals surface area contributed by atoms with Crippen molar-refractivity contribution in [2.75, 3.05) is 18.0 Å². The average molecular weight is 527 g/mol. The predicted molar refractivity (Wildman–Crippen MR) is 134 cm³/mol. The fourth-order valence-electron chi connectivity index (χ4n) is 4.28. The zero-order valence-corrected chi connectivity index (χ0v) is 20.2. The first-order valence-corrected chi connectivity index (χ1v) is 11.9. The monoisotopic (exact) mass is 526 g/mol. The minimum absolute atomic E-state index is 0.241. The average Bonchev–Trinajstić information content (AvgIpc) is 3.52. The van der Waals surface area contributed by atoms with Gasteiger partial charge in [0, 0.05) is 36.2 Å². The van der Waals surface area contributed by atoms with Crippen molar-refractivity contribution in [2.45, 2.75) is 18.8 Å². The second-order valence-electron chi connectivity index (χ2n) is 8.56. The van der Waals surface area contributed by atoms with Crippen LogP contribution in [0.2, 0.25) is 5.02 Å². The van der Waals surface area contributed by atoms with Crippen LogP contribution in [0, 0.1) is 0 Å². The Labute approximate surface area is 216 Å². The number of amides is 2. The summed E-state index contributed by atoms with van der Waals surface area (Å²) in [5, 5.41) is 4.75. The Morgan fingerprint density at radius 1 is 0.946 bits per heavy atom. The van der Waals surface area contributed by atoms with Gasteiger partial charge in [-0.15, -0.1) is 0 Å². The molecule has 1 aromatic heterocycles. The topological polar surface area (TPSA) is 50.6 Å². The minimum atomic E-state index is -4.48. The molecule has 2 amide bonds. The SMILES string of the molecule is O=C1N(CCn2cccn2)CC(c2cccc(C(F)(F)F)c2)N1c1ccc(Oc2ccc(Cl)cc2)cc1. The van der Waals surface area contributed by atoms with Crippen LogP contribution in [0.4, 0.5) is 23.7 Å². The lowest BCUT2D eigenvalue weighted by atomic mass is 10.0. The molecule has 2 heterocycles. The Kier molecular flexibility index (Phi) is 6.80. The number of nitrogens with zero attached hydrogens (tertiary/aromatic N) is 4. The van der Waals surface area contributed by atoms with Crippen molar-refractivity contribution >= 4 is 23.3 Å². The Balaban J connectivity index is 1.42. The van der Waals surface area contributed by atoms with Crippen LogP contribution in [0.3, 0.4) is 0 Å². The van der Waals surface area contributed by atoms with Crippen LogP contribution in [-0.2, 0) is 12.7 Å². The van der Waals surface area contributed by atoms with E-state index in [1.54, 1.807) is 82.6 Å². The number of anilines is 1. The molecule has 1 saturated heterocycles.